The van der Waals surface area contributed by atoms with Crippen LogP contribution in [0.1, 0.15) is 24.6 Å². The van der Waals surface area contributed by atoms with Crippen molar-refractivity contribution in [1.82, 2.24) is 15.0 Å². The molecule has 1 saturated heterocycles. The fourth-order valence-electron chi connectivity index (χ4n) is 3.30. The van der Waals surface area contributed by atoms with Crippen LogP contribution in [0, 0.1) is 0 Å². The zero-order valence-corrected chi connectivity index (χ0v) is 12.9. The van der Waals surface area contributed by atoms with Crippen molar-refractivity contribution < 1.29 is 0 Å². The van der Waals surface area contributed by atoms with Crippen molar-refractivity contribution in [2.24, 2.45) is 0 Å². The monoisotopic (exact) mass is 312 g/mol. The Labute approximate surface area is 134 Å². The van der Waals surface area contributed by atoms with Crippen molar-refractivity contribution >= 4 is 28.2 Å². The lowest BCUT2D eigenvalue weighted by atomic mass is 9.96. The van der Waals surface area contributed by atoms with Crippen LogP contribution in [0.15, 0.2) is 42.9 Å². The molecule has 0 bridgehead atoms. The second kappa shape index (κ2) is 5.61. The van der Waals surface area contributed by atoms with Crippen molar-refractivity contribution in [1.29, 1.82) is 0 Å². The molecule has 3 aromatic rings. The number of aromatic nitrogens is 3. The highest BCUT2D eigenvalue weighted by atomic mass is 35.5. The SMILES string of the molecule is Clc1ccc2nccc(N3CCC[C@H](c4ncc[nH]4)C3)c2c1. The number of rotatable bonds is 2. The standard InChI is InChI=1S/C17H17ClN4/c18-13-3-4-15-14(10-13)16(5-6-19-15)22-9-1-2-12(11-22)17-20-7-8-21-17/h3-8,10,12H,1-2,9,11H2,(H,20,21)/t12-/m0/s1. The average molecular weight is 313 g/mol. The number of nitrogens with one attached hydrogen (secondary N) is 1. The summed E-state index contributed by atoms with van der Waals surface area (Å²) in [4.78, 5) is 14.6. The summed E-state index contributed by atoms with van der Waals surface area (Å²) in [7, 11) is 0. The van der Waals surface area contributed by atoms with E-state index < -0.39 is 0 Å². The number of anilines is 1. The topological polar surface area (TPSA) is 44.8 Å². The summed E-state index contributed by atoms with van der Waals surface area (Å²) >= 11 is 6.18. The molecular weight excluding hydrogens is 296 g/mol. The molecule has 0 amide bonds. The smallest absolute Gasteiger partial charge is 0.110 e. The van der Waals surface area contributed by atoms with Gasteiger partial charge in [0, 0.05) is 53.7 Å². The predicted octanol–water partition coefficient (Wildman–Crippen LogP) is 4.00. The molecule has 112 valence electrons. The van der Waals surface area contributed by atoms with Gasteiger partial charge >= 0.3 is 0 Å². The second-order valence-electron chi connectivity index (χ2n) is 5.75. The zero-order valence-electron chi connectivity index (χ0n) is 12.2. The molecular formula is C17H17ClN4. The normalized spacial score (nSPS) is 18.8. The van der Waals surface area contributed by atoms with Crippen LogP contribution in [0.2, 0.25) is 5.02 Å². The molecule has 22 heavy (non-hydrogen) atoms. The van der Waals surface area contributed by atoms with Gasteiger partial charge in [-0.25, -0.2) is 4.98 Å². The fourth-order valence-corrected chi connectivity index (χ4v) is 3.47. The van der Waals surface area contributed by atoms with Crippen molar-refractivity contribution in [3.63, 3.8) is 0 Å². The molecule has 5 heteroatoms. The Hall–Kier alpha value is -2.07. The van der Waals surface area contributed by atoms with Crippen LogP contribution in [0.3, 0.4) is 0 Å². The summed E-state index contributed by atoms with van der Waals surface area (Å²) in [6.07, 6.45) is 7.94. The molecule has 1 atom stereocenters. The molecule has 2 aromatic heterocycles. The van der Waals surface area contributed by atoms with Gasteiger partial charge in [-0.05, 0) is 37.1 Å². The first kappa shape index (κ1) is 13.6. The Morgan fingerprint density at radius 1 is 1.18 bits per heavy atom. The Morgan fingerprint density at radius 2 is 2.14 bits per heavy atom. The molecule has 1 aliphatic rings. The van der Waals surface area contributed by atoms with Crippen molar-refractivity contribution in [2.45, 2.75) is 18.8 Å². The number of aromatic amines is 1. The number of fused-ring (bicyclic) bond motifs is 1. The Bertz CT molecular complexity index is 784. The summed E-state index contributed by atoms with van der Waals surface area (Å²) in [6.45, 7) is 2.03. The number of pyridine rings is 1. The van der Waals surface area contributed by atoms with E-state index >= 15 is 0 Å². The van der Waals surface area contributed by atoms with Crippen LogP contribution in [-0.4, -0.2) is 28.0 Å². The average Bonchev–Trinajstić information content (AvgIpc) is 3.09. The molecule has 1 fully saturated rings. The Morgan fingerprint density at radius 3 is 3.00 bits per heavy atom. The minimum absolute atomic E-state index is 0.450. The molecule has 0 aliphatic carbocycles. The fraction of sp³-hybridized carbons (Fsp3) is 0.294. The minimum atomic E-state index is 0.450. The summed E-state index contributed by atoms with van der Waals surface area (Å²) in [5.74, 6) is 1.53. The van der Waals surface area contributed by atoms with Gasteiger partial charge < -0.3 is 9.88 Å². The van der Waals surface area contributed by atoms with Crippen molar-refractivity contribution in [3.8, 4) is 0 Å². The lowest BCUT2D eigenvalue weighted by molar-refractivity contribution is 0.495. The summed E-state index contributed by atoms with van der Waals surface area (Å²) in [5, 5.41) is 1.87. The third-order valence-corrected chi connectivity index (χ3v) is 4.58. The number of piperidine rings is 1. The molecule has 0 radical (unpaired) electrons. The lowest BCUT2D eigenvalue weighted by Gasteiger charge is -2.34. The van der Waals surface area contributed by atoms with Gasteiger partial charge in [0.15, 0.2) is 0 Å². The molecule has 0 saturated carbocycles. The van der Waals surface area contributed by atoms with Gasteiger partial charge in [-0.2, -0.15) is 0 Å². The molecule has 0 spiro atoms. The Kier molecular flexibility index (Phi) is 3.47. The summed E-state index contributed by atoms with van der Waals surface area (Å²) < 4.78 is 0. The number of H-pyrrole nitrogens is 1. The maximum Gasteiger partial charge on any atom is 0.110 e. The van der Waals surface area contributed by atoms with Crippen LogP contribution >= 0.6 is 11.6 Å². The maximum atomic E-state index is 6.18. The highest BCUT2D eigenvalue weighted by molar-refractivity contribution is 6.31. The van der Waals surface area contributed by atoms with E-state index in [1.54, 1.807) is 0 Å². The van der Waals surface area contributed by atoms with Gasteiger partial charge in [0.2, 0.25) is 0 Å². The molecule has 1 aliphatic heterocycles. The highest BCUT2D eigenvalue weighted by Gasteiger charge is 2.24. The molecule has 0 unspecified atom stereocenters. The van der Waals surface area contributed by atoms with Crippen LogP contribution < -0.4 is 4.90 Å². The predicted molar refractivity (Wildman–Crippen MR) is 89.5 cm³/mol. The van der Waals surface area contributed by atoms with E-state index in [-0.39, 0.29) is 0 Å². The number of halogens is 1. The molecule has 1 N–H and O–H groups in total. The highest BCUT2D eigenvalue weighted by Crippen LogP contribution is 2.33. The zero-order chi connectivity index (χ0) is 14.9. The largest absolute Gasteiger partial charge is 0.370 e. The minimum Gasteiger partial charge on any atom is -0.370 e. The molecule has 1 aromatic carbocycles. The van der Waals surface area contributed by atoms with Crippen LogP contribution in [0.25, 0.3) is 10.9 Å². The van der Waals surface area contributed by atoms with Gasteiger partial charge in [-0.1, -0.05) is 11.6 Å². The molecule has 3 heterocycles. The van der Waals surface area contributed by atoms with E-state index in [0.29, 0.717) is 5.92 Å². The number of hydrogen-bond acceptors (Lipinski definition) is 3. The first-order valence-electron chi connectivity index (χ1n) is 7.60. The number of imidazole rings is 1. The maximum absolute atomic E-state index is 6.18. The van der Waals surface area contributed by atoms with E-state index in [0.717, 1.165) is 41.3 Å². The van der Waals surface area contributed by atoms with E-state index in [9.17, 15) is 0 Å². The first-order chi connectivity index (χ1) is 10.8. The quantitative estimate of drug-likeness (QED) is 0.778. The number of nitrogens with zero attached hydrogens (tertiary/aromatic N) is 3. The van der Waals surface area contributed by atoms with Crippen LogP contribution in [-0.2, 0) is 0 Å². The second-order valence-corrected chi connectivity index (χ2v) is 6.19. The summed E-state index contributed by atoms with van der Waals surface area (Å²) in [5.41, 5.74) is 2.20. The van der Waals surface area contributed by atoms with Crippen LogP contribution in [0.5, 0.6) is 0 Å². The van der Waals surface area contributed by atoms with Gasteiger partial charge in [0.05, 0.1) is 5.52 Å². The molecule has 4 nitrogen and oxygen atoms in total. The van der Waals surface area contributed by atoms with E-state index in [1.807, 2.05) is 36.8 Å². The van der Waals surface area contributed by atoms with E-state index in [1.165, 1.54) is 12.1 Å². The van der Waals surface area contributed by atoms with Gasteiger partial charge in [0.1, 0.15) is 5.82 Å². The molecule has 4 rings (SSSR count). The number of benzene rings is 1. The van der Waals surface area contributed by atoms with Crippen molar-refractivity contribution in [3.05, 3.63) is 53.7 Å². The van der Waals surface area contributed by atoms with E-state index in [4.69, 9.17) is 11.6 Å². The van der Waals surface area contributed by atoms with E-state index in [2.05, 4.69) is 25.9 Å². The Balaban J connectivity index is 1.70. The van der Waals surface area contributed by atoms with Crippen molar-refractivity contribution in [2.75, 3.05) is 18.0 Å². The van der Waals surface area contributed by atoms with Gasteiger partial charge in [-0.15, -0.1) is 0 Å². The lowest BCUT2D eigenvalue weighted by Crippen LogP contribution is -2.34. The summed E-state index contributed by atoms with van der Waals surface area (Å²) in [6, 6.07) is 7.97. The third-order valence-electron chi connectivity index (χ3n) is 4.35. The van der Waals surface area contributed by atoms with Gasteiger partial charge in [0.25, 0.3) is 0 Å². The van der Waals surface area contributed by atoms with Crippen LogP contribution in [0.4, 0.5) is 5.69 Å². The first-order valence-corrected chi connectivity index (χ1v) is 7.97. The van der Waals surface area contributed by atoms with Gasteiger partial charge in [-0.3, -0.25) is 4.98 Å². The number of hydrogen-bond donors (Lipinski definition) is 1. The third kappa shape index (κ3) is 2.44.